The van der Waals surface area contributed by atoms with Gasteiger partial charge in [0.25, 0.3) is 0 Å². The largest absolute Gasteiger partial charge is 0.480 e. The van der Waals surface area contributed by atoms with E-state index in [4.69, 9.17) is 10.8 Å². The number of aryl methyl sites for hydroxylation is 1. The summed E-state index contributed by atoms with van der Waals surface area (Å²) < 4.78 is 0. The first-order valence-corrected chi connectivity index (χ1v) is 7.65. The van der Waals surface area contributed by atoms with Gasteiger partial charge in [0.1, 0.15) is 6.04 Å². The zero-order chi connectivity index (χ0) is 14.5. The van der Waals surface area contributed by atoms with Gasteiger partial charge in [0.2, 0.25) is 0 Å². The molecule has 1 unspecified atom stereocenters. The van der Waals surface area contributed by atoms with Crippen molar-refractivity contribution in [2.24, 2.45) is 5.73 Å². The van der Waals surface area contributed by atoms with Crippen LogP contribution in [-0.4, -0.2) is 27.9 Å². The van der Waals surface area contributed by atoms with Gasteiger partial charge in [-0.25, -0.2) is 0 Å². The fourth-order valence-corrected chi connectivity index (χ4v) is 3.05. The van der Waals surface area contributed by atoms with Gasteiger partial charge in [-0.1, -0.05) is 18.2 Å². The van der Waals surface area contributed by atoms with E-state index < -0.39 is 12.0 Å². The molecule has 3 N–H and O–H groups in total. The maximum Gasteiger partial charge on any atom is 0.320 e. The van der Waals surface area contributed by atoms with Crippen LogP contribution in [0.3, 0.4) is 0 Å². The number of rotatable bonds is 6. The molecular weight excluding hydrogens is 272 g/mol. The highest BCUT2D eigenvalue weighted by atomic mass is 32.2. The maximum absolute atomic E-state index is 10.6. The SMILES string of the molecule is Cc1cc(CSCCC(N)C(=O)O)c2ccccc2n1. The fraction of sp³-hybridized carbons (Fsp3) is 0.333. The summed E-state index contributed by atoms with van der Waals surface area (Å²) in [6.07, 6.45) is 0.488. The first-order chi connectivity index (χ1) is 9.58. The number of aliphatic carboxylic acids is 1. The molecule has 1 aromatic carbocycles. The van der Waals surface area contributed by atoms with E-state index in [0.717, 1.165) is 28.1 Å². The normalized spacial score (nSPS) is 12.5. The van der Waals surface area contributed by atoms with Gasteiger partial charge in [-0.05, 0) is 36.8 Å². The number of carbonyl (C=O) groups is 1. The van der Waals surface area contributed by atoms with Crippen LogP contribution in [0.2, 0.25) is 0 Å². The molecule has 20 heavy (non-hydrogen) atoms. The third-order valence-electron chi connectivity index (χ3n) is 3.08. The summed E-state index contributed by atoms with van der Waals surface area (Å²) in [5.74, 6) is 0.648. The lowest BCUT2D eigenvalue weighted by Gasteiger charge is -2.09. The molecule has 0 saturated heterocycles. The van der Waals surface area contributed by atoms with E-state index in [0.29, 0.717) is 6.42 Å². The van der Waals surface area contributed by atoms with Gasteiger partial charge >= 0.3 is 5.97 Å². The van der Waals surface area contributed by atoms with Crippen LogP contribution in [0.5, 0.6) is 0 Å². The maximum atomic E-state index is 10.6. The summed E-state index contributed by atoms with van der Waals surface area (Å²) in [6.45, 7) is 1.99. The van der Waals surface area contributed by atoms with Crippen LogP contribution in [0.1, 0.15) is 17.7 Å². The molecule has 106 valence electrons. The minimum absolute atomic E-state index is 0.488. The first kappa shape index (κ1) is 14.8. The Morgan fingerprint density at radius 1 is 1.45 bits per heavy atom. The average molecular weight is 290 g/mol. The van der Waals surface area contributed by atoms with E-state index in [2.05, 4.69) is 17.1 Å². The van der Waals surface area contributed by atoms with Crippen molar-refractivity contribution in [2.45, 2.75) is 25.1 Å². The molecule has 0 spiro atoms. The molecule has 0 aliphatic heterocycles. The summed E-state index contributed by atoms with van der Waals surface area (Å²) in [5.41, 5.74) is 8.73. The van der Waals surface area contributed by atoms with E-state index in [1.165, 1.54) is 5.56 Å². The monoisotopic (exact) mass is 290 g/mol. The molecule has 0 saturated carbocycles. The number of hydrogen-bond acceptors (Lipinski definition) is 4. The number of pyridine rings is 1. The Balaban J connectivity index is 2.01. The highest BCUT2D eigenvalue weighted by Gasteiger charge is 2.10. The Bertz CT molecular complexity index is 616. The van der Waals surface area contributed by atoms with Crippen molar-refractivity contribution in [3.63, 3.8) is 0 Å². The summed E-state index contributed by atoms with van der Waals surface area (Å²) in [6, 6.07) is 9.40. The molecule has 2 rings (SSSR count). The second kappa shape index (κ2) is 6.72. The van der Waals surface area contributed by atoms with Crippen molar-refractivity contribution in [1.29, 1.82) is 0 Å². The topological polar surface area (TPSA) is 76.2 Å². The van der Waals surface area contributed by atoms with Crippen molar-refractivity contribution in [1.82, 2.24) is 4.98 Å². The van der Waals surface area contributed by atoms with E-state index in [1.807, 2.05) is 25.1 Å². The van der Waals surface area contributed by atoms with E-state index in [-0.39, 0.29) is 0 Å². The van der Waals surface area contributed by atoms with Crippen LogP contribution in [-0.2, 0) is 10.5 Å². The highest BCUT2D eigenvalue weighted by molar-refractivity contribution is 7.98. The van der Waals surface area contributed by atoms with Gasteiger partial charge in [-0.2, -0.15) is 11.8 Å². The number of benzene rings is 1. The minimum atomic E-state index is -0.934. The number of carboxylic acid groups (broad SMARTS) is 1. The zero-order valence-electron chi connectivity index (χ0n) is 11.4. The lowest BCUT2D eigenvalue weighted by atomic mass is 10.1. The molecule has 0 bridgehead atoms. The van der Waals surface area contributed by atoms with E-state index >= 15 is 0 Å². The molecule has 2 aromatic rings. The van der Waals surface area contributed by atoms with Crippen molar-refractivity contribution in [3.05, 3.63) is 41.6 Å². The number of nitrogens with zero attached hydrogens (tertiary/aromatic N) is 1. The Morgan fingerprint density at radius 3 is 2.95 bits per heavy atom. The van der Waals surface area contributed by atoms with Crippen LogP contribution in [0.4, 0.5) is 0 Å². The highest BCUT2D eigenvalue weighted by Crippen LogP contribution is 2.23. The number of nitrogens with two attached hydrogens (primary N) is 1. The second-order valence-corrected chi connectivity index (χ2v) is 5.83. The van der Waals surface area contributed by atoms with Crippen LogP contribution in [0.15, 0.2) is 30.3 Å². The number of fused-ring (bicyclic) bond motifs is 1. The van der Waals surface area contributed by atoms with Crippen molar-refractivity contribution in [3.8, 4) is 0 Å². The first-order valence-electron chi connectivity index (χ1n) is 6.49. The predicted octanol–water partition coefficient (Wildman–Crippen LogP) is 2.58. The number of carboxylic acids is 1. The van der Waals surface area contributed by atoms with Gasteiger partial charge < -0.3 is 10.8 Å². The Kier molecular flexibility index (Phi) is 4.98. The van der Waals surface area contributed by atoms with Crippen LogP contribution < -0.4 is 5.73 Å². The zero-order valence-corrected chi connectivity index (χ0v) is 12.2. The number of thioether (sulfide) groups is 1. The summed E-state index contributed by atoms with van der Waals surface area (Å²) in [5, 5.41) is 9.89. The van der Waals surface area contributed by atoms with Gasteiger partial charge in [-0.3, -0.25) is 9.78 Å². The molecule has 0 radical (unpaired) electrons. The Morgan fingerprint density at radius 2 is 2.20 bits per heavy atom. The summed E-state index contributed by atoms with van der Waals surface area (Å²) >= 11 is 1.70. The standard InChI is InChI=1S/C15H18N2O2S/c1-10-8-11(9-20-7-6-13(16)15(18)19)12-4-2-3-5-14(12)17-10/h2-5,8,13H,6-7,9,16H2,1H3,(H,18,19). The summed E-state index contributed by atoms with van der Waals surface area (Å²) in [7, 11) is 0. The quantitative estimate of drug-likeness (QED) is 0.800. The van der Waals surface area contributed by atoms with Crippen molar-refractivity contribution >= 4 is 28.6 Å². The molecular formula is C15H18N2O2S. The summed E-state index contributed by atoms with van der Waals surface area (Å²) in [4.78, 5) is 15.1. The lowest BCUT2D eigenvalue weighted by molar-refractivity contribution is -0.138. The fourth-order valence-electron chi connectivity index (χ4n) is 2.03. The van der Waals surface area contributed by atoms with Gasteiger partial charge in [0.05, 0.1) is 5.52 Å². The number of aromatic nitrogens is 1. The van der Waals surface area contributed by atoms with Gasteiger partial charge in [0.15, 0.2) is 0 Å². The van der Waals surface area contributed by atoms with Gasteiger partial charge in [-0.15, -0.1) is 0 Å². The van der Waals surface area contributed by atoms with Gasteiger partial charge in [0, 0.05) is 16.8 Å². The van der Waals surface area contributed by atoms with Crippen LogP contribution in [0.25, 0.3) is 10.9 Å². The van der Waals surface area contributed by atoms with Crippen molar-refractivity contribution < 1.29 is 9.90 Å². The predicted molar refractivity (Wildman–Crippen MR) is 82.9 cm³/mol. The van der Waals surface area contributed by atoms with E-state index in [1.54, 1.807) is 11.8 Å². The smallest absolute Gasteiger partial charge is 0.320 e. The number of para-hydroxylation sites is 1. The number of hydrogen-bond donors (Lipinski definition) is 2. The molecule has 0 aliphatic rings. The van der Waals surface area contributed by atoms with Crippen LogP contribution >= 0.6 is 11.8 Å². The molecule has 1 atom stereocenters. The van der Waals surface area contributed by atoms with Crippen molar-refractivity contribution in [2.75, 3.05) is 5.75 Å². The molecule has 4 nitrogen and oxygen atoms in total. The second-order valence-electron chi connectivity index (χ2n) is 4.73. The Hall–Kier alpha value is -1.59. The molecule has 0 fully saturated rings. The third kappa shape index (κ3) is 3.71. The molecule has 1 heterocycles. The lowest BCUT2D eigenvalue weighted by Crippen LogP contribution is -2.30. The van der Waals surface area contributed by atoms with E-state index in [9.17, 15) is 4.79 Å². The van der Waals surface area contributed by atoms with Crippen LogP contribution in [0, 0.1) is 6.92 Å². The molecule has 0 aliphatic carbocycles. The molecule has 0 amide bonds. The molecule has 5 heteroatoms. The Labute approximate surface area is 122 Å². The average Bonchev–Trinajstić information content (AvgIpc) is 2.42. The third-order valence-corrected chi connectivity index (χ3v) is 4.12. The molecule has 1 aromatic heterocycles. The minimum Gasteiger partial charge on any atom is -0.480 e.